The number of benzene rings is 1. The standard InChI is InChI=1S/C28H38FN5O6/c1-27(2,3)39-25(36)34(26(37)40-28(4,5)6)14-15-38-32-21-10-12-33(13-11-21)24-30-16-20(17-31-24)22-9-7-8-19(18-35)23(22)29/h7-9,16-17,35H,10-15,18H2,1-6H3. The van der Waals surface area contributed by atoms with E-state index in [1.165, 1.54) is 6.07 Å². The van der Waals surface area contributed by atoms with Gasteiger partial charge >= 0.3 is 12.2 Å². The Morgan fingerprint density at radius 2 is 1.60 bits per heavy atom. The van der Waals surface area contributed by atoms with Gasteiger partial charge in [0.2, 0.25) is 5.95 Å². The first kappa shape index (κ1) is 30.7. The summed E-state index contributed by atoms with van der Waals surface area (Å²) in [5.41, 5.74) is 0.344. The summed E-state index contributed by atoms with van der Waals surface area (Å²) in [4.78, 5) is 42.2. The van der Waals surface area contributed by atoms with Gasteiger partial charge in [-0.05, 0) is 41.5 Å². The number of nitrogens with zero attached hydrogens (tertiary/aromatic N) is 5. The van der Waals surface area contributed by atoms with E-state index in [-0.39, 0.29) is 25.3 Å². The number of halogens is 1. The van der Waals surface area contributed by atoms with Crippen molar-refractivity contribution in [3.05, 3.63) is 42.0 Å². The van der Waals surface area contributed by atoms with Crippen LogP contribution in [0.5, 0.6) is 0 Å². The van der Waals surface area contributed by atoms with Gasteiger partial charge in [-0.15, -0.1) is 0 Å². The second kappa shape index (κ2) is 13.0. The molecule has 218 valence electrons. The second-order valence-electron chi connectivity index (χ2n) is 11.3. The first-order chi connectivity index (χ1) is 18.8. The number of rotatable bonds is 7. The van der Waals surface area contributed by atoms with Crippen molar-refractivity contribution < 1.29 is 33.4 Å². The smallest absolute Gasteiger partial charge is 0.419 e. The van der Waals surface area contributed by atoms with Crippen molar-refractivity contribution in [2.75, 3.05) is 31.1 Å². The molecular weight excluding hydrogens is 521 g/mol. The zero-order chi connectivity index (χ0) is 29.5. The van der Waals surface area contributed by atoms with E-state index in [2.05, 4.69) is 15.1 Å². The van der Waals surface area contributed by atoms with E-state index < -0.39 is 29.2 Å². The summed E-state index contributed by atoms with van der Waals surface area (Å²) in [6.45, 7) is 11.0. The number of imide groups is 1. The van der Waals surface area contributed by atoms with Gasteiger partial charge in [-0.1, -0.05) is 23.4 Å². The number of amides is 2. The molecule has 0 saturated carbocycles. The lowest BCUT2D eigenvalue weighted by molar-refractivity contribution is -0.00440. The van der Waals surface area contributed by atoms with Crippen LogP contribution in [-0.2, 0) is 20.9 Å². The summed E-state index contributed by atoms with van der Waals surface area (Å²) < 4.78 is 25.2. The molecule has 2 amide bonds. The molecule has 0 bridgehead atoms. The lowest BCUT2D eigenvalue weighted by Gasteiger charge is -2.28. The van der Waals surface area contributed by atoms with Crippen molar-refractivity contribution in [3.63, 3.8) is 0 Å². The minimum Gasteiger partial charge on any atom is -0.443 e. The summed E-state index contributed by atoms with van der Waals surface area (Å²) in [5, 5.41) is 13.5. The fourth-order valence-electron chi connectivity index (χ4n) is 3.76. The van der Waals surface area contributed by atoms with E-state index in [4.69, 9.17) is 14.3 Å². The number of aliphatic hydroxyl groups is 1. The van der Waals surface area contributed by atoms with Gasteiger partial charge in [0, 0.05) is 55.0 Å². The number of ether oxygens (including phenoxy) is 2. The van der Waals surface area contributed by atoms with Gasteiger partial charge in [-0.25, -0.2) is 28.8 Å². The first-order valence-electron chi connectivity index (χ1n) is 13.1. The van der Waals surface area contributed by atoms with Crippen molar-refractivity contribution in [2.24, 2.45) is 5.16 Å². The Hall–Kier alpha value is -3.80. The Balaban J connectivity index is 1.53. The Morgan fingerprint density at radius 1 is 1.02 bits per heavy atom. The largest absolute Gasteiger partial charge is 0.443 e. The maximum absolute atomic E-state index is 14.5. The van der Waals surface area contributed by atoms with Crippen LogP contribution in [-0.4, -0.2) is 75.3 Å². The number of hydrogen-bond donors (Lipinski definition) is 1. The van der Waals surface area contributed by atoms with E-state index in [9.17, 15) is 19.1 Å². The Bertz CT molecular complexity index is 1170. The normalized spacial score (nSPS) is 14.0. The van der Waals surface area contributed by atoms with Crippen LogP contribution in [0.2, 0.25) is 0 Å². The van der Waals surface area contributed by atoms with Crippen LogP contribution in [0.3, 0.4) is 0 Å². The van der Waals surface area contributed by atoms with Crippen LogP contribution in [0.25, 0.3) is 11.1 Å². The van der Waals surface area contributed by atoms with Crippen LogP contribution in [0.15, 0.2) is 35.7 Å². The highest BCUT2D eigenvalue weighted by atomic mass is 19.1. The topological polar surface area (TPSA) is 127 Å². The van der Waals surface area contributed by atoms with Crippen LogP contribution < -0.4 is 4.90 Å². The van der Waals surface area contributed by atoms with Crippen LogP contribution >= 0.6 is 0 Å². The summed E-state index contributed by atoms with van der Waals surface area (Å²) in [6, 6.07) is 4.83. The third kappa shape index (κ3) is 8.87. The number of piperidine rings is 1. The summed E-state index contributed by atoms with van der Waals surface area (Å²) in [7, 11) is 0. The zero-order valence-corrected chi connectivity index (χ0v) is 23.9. The van der Waals surface area contributed by atoms with Gasteiger partial charge in [0.15, 0.2) is 0 Å². The quantitative estimate of drug-likeness (QED) is 0.371. The zero-order valence-electron chi connectivity index (χ0n) is 23.9. The average Bonchev–Trinajstić information content (AvgIpc) is 2.87. The highest BCUT2D eigenvalue weighted by Crippen LogP contribution is 2.25. The van der Waals surface area contributed by atoms with Gasteiger partial charge in [0.25, 0.3) is 0 Å². The van der Waals surface area contributed by atoms with Gasteiger partial charge in [0.1, 0.15) is 23.6 Å². The maximum atomic E-state index is 14.5. The number of oxime groups is 1. The molecule has 0 unspecified atom stereocenters. The Morgan fingerprint density at radius 3 is 2.12 bits per heavy atom. The number of hydrogen-bond acceptors (Lipinski definition) is 10. The minimum absolute atomic E-state index is 0.0235. The van der Waals surface area contributed by atoms with Crippen molar-refractivity contribution in [3.8, 4) is 11.1 Å². The molecule has 0 spiro atoms. The third-order valence-electron chi connectivity index (χ3n) is 5.65. The van der Waals surface area contributed by atoms with Gasteiger partial charge in [-0.3, -0.25) is 0 Å². The minimum atomic E-state index is -0.818. The van der Waals surface area contributed by atoms with E-state index >= 15 is 0 Å². The molecule has 11 nitrogen and oxygen atoms in total. The monoisotopic (exact) mass is 559 g/mol. The molecule has 1 fully saturated rings. The van der Waals surface area contributed by atoms with Gasteiger partial charge < -0.3 is 24.3 Å². The molecule has 1 saturated heterocycles. The Kier molecular flexibility index (Phi) is 10.0. The predicted octanol–water partition coefficient (Wildman–Crippen LogP) is 4.92. The first-order valence-corrected chi connectivity index (χ1v) is 13.1. The SMILES string of the molecule is CC(C)(C)OC(=O)N(CCON=C1CCN(c2ncc(-c3cccc(CO)c3F)cn2)CC1)C(=O)OC(C)(C)C. The second-order valence-corrected chi connectivity index (χ2v) is 11.3. The highest BCUT2D eigenvalue weighted by molar-refractivity contribution is 5.88. The molecule has 0 radical (unpaired) electrons. The lowest BCUT2D eigenvalue weighted by Crippen LogP contribution is -2.45. The summed E-state index contributed by atoms with van der Waals surface area (Å²) in [5.74, 6) is 0.0355. The van der Waals surface area contributed by atoms with Gasteiger partial charge in [-0.2, -0.15) is 0 Å². The van der Waals surface area contributed by atoms with Crippen molar-refractivity contribution in [2.45, 2.75) is 72.2 Å². The molecule has 0 atom stereocenters. The predicted molar refractivity (Wildman–Crippen MR) is 147 cm³/mol. The third-order valence-corrected chi connectivity index (χ3v) is 5.65. The van der Waals surface area contributed by atoms with E-state index in [0.29, 0.717) is 43.0 Å². The highest BCUT2D eigenvalue weighted by Gasteiger charge is 2.31. The molecule has 2 aromatic rings. The fraction of sp³-hybridized carbons (Fsp3) is 0.536. The summed E-state index contributed by atoms with van der Waals surface area (Å²) in [6.07, 6.45) is 2.72. The lowest BCUT2D eigenvalue weighted by atomic mass is 10.1. The molecule has 40 heavy (non-hydrogen) atoms. The van der Waals surface area contributed by atoms with E-state index in [1.807, 2.05) is 4.90 Å². The fourth-order valence-corrected chi connectivity index (χ4v) is 3.76. The molecule has 12 heteroatoms. The molecule has 1 aromatic carbocycles. The number of carbonyl (C=O) groups excluding carboxylic acids is 2. The van der Waals surface area contributed by atoms with Crippen molar-refractivity contribution in [1.82, 2.24) is 14.9 Å². The molecule has 2 heterocycles. The molecule has 0 aliphatic carbocycles. The molecular formula is C28H38FN5O6. The van der Waals surface area contributed by atoms with Gasteiger partial charge in [0.05, 0.1) is 18.9 Å². The number of carbonyl (C=O) groups is 2. The molecule has 1 aliphatic heterocycles. The number of anilines is 1. The molecule has 1 aromatic heterocycles. The maximum Gasteiger partial charge on any atom is 0.419 e. The Labute approximate surface area is 233 Å². The van der Waals surface area contributed by atoms with Crippen LogP contribution in [0.4, 0.5) is 19.9 Å². The number of aliphatic hydroxyl groups excluding tert-OH is 1. The molecule has 3 rings (SSSR count). The molecule has 1 N–H and O–H groups in total. The van der Waals surface area contributed by atoms with Crippen LogP contribution in [0, 0.1) is 5.82 Å². The number of aromatic nitrogens is 2. The molecule has 1 aliphatic rings. The average molecular weight is 560 g/mol. The van der Waals surface area contributed by atoms with E-state index in [0.717, 1.165) is 10.6 Å². The van der Waals surface area contributed by atoms with Crippen molar-refractivity contribution in [1.29, 1.82) is 0 Å². The van der Waals surface area contributed by atoms with Crippen LogP contribution in [0.1, 0.15) is 59.9 Å². The van der Waals surface area contributed by atoms with E-state index in [1.54, 1.807) is 66.1 Å². The summed E-state index contributed by atoms with van der Waals surface area (Å²) >= 11 is 0. The van der Waals surface area contributed by atoms with Crippen molar-refractivity contribution >= 4 is 23.8 Å².